The lowest BCUT2D eigenvalue weighted by Gasteiger charge is -2.18. The fourth-order valence-electron chi connectivity index (χ4n) is 2.17. The smallest absolute Gasteiger partial charge is 0.106 e. The van der Waals surface area contributed by atoms with E-state index in [1.165, 1.54) is 12.8 Å². The number of hydrogen-bond acceptors (Lipinski definition) is 3. The first-order valence-corrected chi connectivity index (χ1v) is 7.59. The molecule has 1 aliphatic rings. The van der Waals surface area contributed by atoms with Crippen LogP contribution in [0, 0.1) is 5.41 Å². The highest BCUT2D eigenvalue weighted by Gasteiger charge is 2.41. The lowest BCUT2D eigenvalue weighted by Crippen LogP contribution is -2.20. The zero-order valence-corrected chi connectivity index (χ0v) is 13.4. The van der Waals surface area contributed by atoms with Crippen molar-refractivity contribution in [2.75, 3.05) is 25.6 Å². The van der Waals surface area contributed by atoms with E-state index in [0.29, 0.717) is 10.4 Å². The highest BCUT2D eigenvalue weighted by molar-refractivity contribution is 9.10. The molecule has 0 unspecified atom stereocenters. The third kappa shape index (κ3) is 3.91. The summed E-state index contributed by atoms with van der Waals surface area (Å²) in [5.74, 6) is 0. The Morgan fingerprint density at radius 3 is 2.84 bits per heavy atom. The molecular weight excluding hydrogens is 324 g/mol. The maximum absolute atomic E-state index is 5.77. The molecular formula is C14H19BrN2OS. The highest BCUT2D eigenvalue weighted by atomic mass is 79.9. The average molecular weight is 343 g/mol. The van der Waals surface area contributed by atoms with E-state index in [-0.39, 0.29) is 0 Å². The molecule has 104 valence electrons. The average Bonchev–Trinajstić information content (AvgIpc) is 3.15. The molecule has 0 amide bonds. The summed E-state index contributed by atoms with van der Waals surface area (Å²) >= 11 is 8.54. The van der Waals surface area contributed by atoms with E-state index in [4.69, 9.17) is 22.7 Å². The molecule has 1 saturated carbocycles. The van der Waals surface area contributed by atoms with Gasteiger partial charge in [-0.25, -0.2) is 0 Å². The molecule has 0 aliphatic heterocycles. The summed E-state index contributed by atoms with van der Waals surface area (Å²) in [6.45, 7) is 1.78. The first-order chi connectivity index (χ1) is 9.06. The summed E-state index contributed by atoms with van der Waals surface area (Å²) in [4.78, 5) is 0.422. The molecule has 0 aromatic heterocycles. The van der Waals surface area contributed by atoms with Crippen LogP contribution in [0.1, 0.15) is 24.8 Å². The Balaban J connectivity index is 2.01. The summed E-state index contributed by atoms with van der Waals surface area (Å²) < 4.78 is 6.16. The predicted molar refractivity (Wildman–Crippen MR) is 86.7 cm³/mol. The van der Waals surface area contributed by atoms with Crippen LogP contribution in [-0.4, -0.2) is 25.2 Å². The normalized spacial score (nSPS) is 16.1. The molecule has 0 atom stereocenters. The maximum atomic E-state index is 5.77. The number of benzene rings is 1. The van der Waals surface area contributed by atoms with Gasteiger partial charge < -0.3 is 15.8 Å². The van der Waals surface area contributed by atoms with Gasteiger partial charge in [-0.15, -0.1) is 0 Å². The molecule has 3 nitrogen and oxygen atoms in total. The third-order valence-corrected chi connectivity index (χ3v) is 4.41. The highest BCUT2D eigenvalue weighted by Crippen LogP contribution is 2.48. The predicted octanol–water partition coefficient (Wildman–Crippen LogP) is 3.31. The minimum atomic E-state index is 0.399. The molecule has 1 aliphatic carbocycles. The van der Waals surface area contributed by atoms with Gasteiger partial charge in [0.05, 0.1) is 0 Å². The Kier molecular flexibility index (Phi) is 4.81. The van der Waals surface area contributed by atoms with Crippen LogP contribution in [0.5, 0.6) is 0 Å². The fourth-order valence-corrected chi connectivity index (χ4v) is 2.70. The van der Waals surface area contributed by atoms with Crippen molar-refractivity contribution >= 4 is 38.8 Å². The van der Waals surface area contributed by atoms with Crippen LogP contribution >= 0.6 is 28.1 Å². The second-order valence-electron chi connectivity index (χ2n) is 5.15. The van der Waals surface area contributed by atoms with Crippen molar-refractivity contribution in [3.63, 3.8) is 0 Å². The maximum Gasteiger partial charge on any atom is 0.106 e. The van der Waals surface area contributed by atoms with Crippen molar-refractivity contribution < 1.29 is 4.74 Å². The van der Waals surface area contributed by atoms with E-state index < -0.39 is 0 Å². The molecule has 1 aromatic carbocycles. The van der Waals surface area contributed by atoms with Gasteiger partial charge in [-0.3, -0.25) is 0 Å². The van der Waals surface area contributed by atoms with E-state index in [1.54, 1.807) is 7.11 Å². The van der Waals surface area contributed by atoms with E-state index in [9.17, 15) is 0 Å². The number of halogens is 1. The largest absolute Gasteiger partial charge is 0.389 e. The monoisotopic (exact) mass is 342 g/mol. The number of anilines is 1. The van der Waals surface area contributed by atoms with Gasteiger partial charge in [-0.1, -0.05) is 28.1 Å². The van der Waals surface area contributed by atoms with Crippen LogP contribution in [0.3, 0.4) is 0 Å². The zero-order valence-electron chi connectivity index (χ0n) is 11.0. The van der Waals surface area contributed by atoms with Crippen LogP contribution in [0.15, 0.2) is 22.7 Å². The summed E-state index contributed by atoms with van der Waals surface area (Å²) in [6.07, 6.45) is 3.64. The zero-order chi connectivity index (χ0) is 13.9. The van der Waals surface area contributed by atoms with Crippen molar-refractivity contribution in [3.05, 3.63) is 28.2 Å². The molecule has 1 aromatic rings. The second kappa shape index (κ2) is 6.20. The van der Waals surface area contributed by atoms with Crippen LogP contribution in [0.4, 0.5) is 5.69 Å². The van der Waals surface area contributed by atoms with Gasteiger partial charge in [0.15, 0.2) is 0 Å². The van der Waals surface area contributed by atoms with E-state index in [2.05, 4.69) is 21.2 Å². The van der Waals surface area contributed by atoms with E-state index in [1.807, 2.05) is 18.2 Å². The molecule has 5 heteroatoms. The van der Waals surface area contributed by atoms with Crippen molar-refractivity contribution in [2.24, 2.45) is 11.1 Å². The molecule has 3 N–H and O–H groups in total. The molecule has 0 spiro atoms. The van der Waals surface area contributed by atoms with E-state index in [0.717, 1.165) is 35.3 Å². The Bertz CT molecular complexity index is 475. The quantitative estimate of drug-likeness (QED) is 0.746. The summed E-state index contributed by atoms with van der Waals surface area (Å²) in [5, 5.41) is 3.49. The SMILES string of the molecule is COCCC1(CNc2ccc(Br)cc2C(N)=S)CC1. The van der Waals surface area contributed by atoms with Crippen LogP contribution in [0.25, 0.3) is 0 Å². The Morgan fingerprint density at radius 1 is 1.53 bits per heavy atom. The Labute approximate surface area is 128 Å². The number of nitrogens with one attached hydrogen (secondary N) is 1. The van der Waals surface area contributed by atoms with Gasteiger partial charge in [-0.2, -0.15) is 0 Å². The van der Waals surface area contributed by atoms with Gasteiger partial charge in [0.1, 0.15) is 4.99 Å². The number of methoxy groups -OCH3 is 1. The van der Waals surface area contributed by atoms with Gasteiger partial charge >= 0.3 is 0 Å². The Morgan fingerprint density at radius 2 is 2.26 bits per heavy atom. The van der Waals surface area contributed by atoms with Crippen molar-refractivity contribution in [2.45, 2.75) is 19.3 Å². The first kappa shape index (κ1) is 14.8. The first-order valence-electron chi connectivity index (χ1n) is 6.38. The lowest BCUT2D eigenvalue weighted by atomic mass is 10.0. The van der Waals surface area contributed by atoms with Crippen LogP contribution in [0.2, 0.25) is 0 Å². The summed E-state index contributed by atoms with van der Waals surface area (Å²) in [5.41, 5.74) is 8.08. The molecule has 0 bridgehead atoms. The molecule has 0 saturated heterocycles. The fraction of sp³-hybridized carbons (Fsp3) is 0.500. The van der Waals surface area contributed by atoms with Crippen LogP contribution < -0.4 is 11.1 Å². The third-order valence-electron chi connectivity index (χ3n) is 3.69. The van der Waals surface area contributed by atoms with Gasteiger partial charge in [-0.05, 0) is 42.9 Å². The number of thiocarbonyl (C=S) groups is 1. The minimum absolute atomic E-state index is 0.399. The molecule has 1 fully saturated rings. The number of rotatable bonds is 7. The van der Waals surface area contributed by atoms with Gasteiger partial charge in [0.25, 0.3) is 0 Å². The molecule has 0 heterocycles. The lowest BCUT2D eigenvalue weighted by molar-refractivity contribution is 0.175. The topological polar surface area (TPSA) is 47.3 Å². The van der Waals surface area contributed by atoms with Crippen molar-refractivity contribution in [1.82, 2.24) is 0 Å². The number of hydrogen-bond donors (Lipinski definition) is 2. The van der Waals surface area contributed by atoms with E-state index >= 15 is 0 Å². The summed E-state index contributed by atoms with van der Waals surface area (Å²) in [7, 11) is 1.75. The minimum Gasteiger partial charge on any atom is -0.389 e. The van der Waals surface area contributed by atoms with Gasteiger partial charge in [0.2, 0.25) is 0 Å². The van der Waals surface area contributed by atoms with Gasteiger partial charge in [0, 0.05) is 36.0 Å². The Hall–Kier alpha value is -0.650. The second-order valence-corrected chi connectivity index (χ2v) is 6.51. The summed E-state index contributed by atoms with van der Waals surface area (Å²) in [6, 6.07) is 5.98. The number of ether oxygens (including phenoxy) is 1. The molecule has 0 radical (unpaired) electrons. The van der Waals surface area contributed by atoms with Crippen molar-refractivity contribution in [3.8, 4) is 0 Å². The number of nitrogens with two attached hydrogens (primary N) is 1. The van der Waals surface area contributed by atoms with Crippen molar-refractivity contribution in [1.29, 1.82) is 0 Å². The standard InChI is InChI=1S/C14H19BrN2OS/c1-18-7-6-14(4-5-14)9-17-12-3-2-10(15)8-11(12)13(16)19/h2-3,8,17H,4-7,9H2,1H3,(H2,16,19). The molecule has 19 heavy (non-hydrogen) atoms. The molecule has 2 rings (SSSR count). The van der Waals surface area contributed by atoms with Crippen LogP contribution in [-0.2, 0) is 4.74 Å².